The second kappa shape index (κ2) is 3.73. The highest BCUT2D eigenvalue weighted by molar-refractivity contribution is 5.80. The minimum absolute atomic E-state index is 0.00393. The van der Waals surface area contributed by atoms with Gasteiger partial charge in [0.1, 0.15) is 5.75 Å². The molecule has 2 aromatic rings. The summed E-state index contributed by atoms with van der Waals surface area (Å²) in [6.45, 7) is 0. The molecule has 0 fully saturated rings. The van der Waals surface area contributed by atoms with Crippen molar-refractivity contribution in [2.45, 2.75) is 0 Å². The molecule has 3 nitrogen and oxygen atoms in total. The summed E-state index contributed by atoms with van der Waals surface area (Å²) in [5.41, 5.74) is 0.646. The summed E-state index contributed by atoms with van der Waals surface area (Å²) >= 11 is 0. The highest BCUT2D eigenvalue weighted by atomic mass is 19.1. The normalized spacial score (nSPS) is 10.3. The molecule has 2 rings (SSSR count). The molecule has 0 spiro atoms. The molecule has 0 saturated carbocycles. The summed E-state index contributed by atoms with van der Waals surface area (Å²) in [4.78, 5) is 4.02. The second-order valence-electron chi connectivity index (χ2n) is 3.04. The van der Waals surface area contributed by atoms with Crippen LogP contribution in [0.2, 0.25) is 0 Å². The van der Waals surface area contributed by atoms with Crippen molar-refractivity contribution in [1.82, 2.24) is 4.98 Å². The van der Waals surface area contributed by atoms with E-state index in [9.17, 15) is 4.39 Å². The van der Waals surface area contributed by atoms with Crippen LogP contribution in [0.4, 0.5) is 4.39 Å². The number of fused-ring (bicyclic) bond motifs is 1. The van der Waals surface area contributed by atoms with Gasteiger partial charge < -0.3 is 9.47 Å². The highest BCUT2D eigenvalue weighted by Gasteiger charge is 2.06. The lowest BCUT2D eigenvalue weighted by Gasteiger charge is -2.04. The van der Waals surface area contributed by atoms with Crippen LogP contribution in [-0.4, -0.2) is 19.2 Å². The molecule has 0 saturated heterocycles. The smallest absolute Gasteiger partial charge is 0.250 e. The van der Waals surface area contributed by atoms with E-state index in [4.69, 9.17) is 9.47 Å². The monoisotopic (exact) mass is 207 g/mol. The Bertz CT molecular complexity index is 499. The summed E-state index contributed by atoms with van der Waals surface area (Å²) in [5, 5.41) is 0.717. The zero-order valence-electron chi connectivity index (χ0n) is 8.45. The quantitative estimate of drug-likeness (QED) is 0.757. The zero-order chi connectivity index (χ0) is 10.8. The molecule has 0 N–H and O–H groups in total. The first kappa shape index (κ1) is 9.71. The third-order valence-electron chi connectivity index (χ3n) is 2.14. The summed E-state index contributed by atoms with van der Waals surface area (Å²) in [6, 6.07) is 6.64. The Kier molecular flexibility index (Phi) is 2.41. The minimum atomic E-state index is -0.463. The van der Waals surface area contributed by atoms with E-state index in [0.717, 1.165) is 0 Å². The predicted molar refractivity (Wildman–Crippen MR) is 54.8 cm³/mol. The Morgan fingerprint density at radius 1 is 1.13 bits per heavy atom. The maximum Gasteiger partial charge on any atom is 0.250 e. The molecule has 0 aliphatic carbocycles. The molecule has 0 aliphatic rings. The van der Waals surface area contributed by atoms with Crippen LogP contribution < -0.4 is 9.47 Å². The predicted octanol–water partition coefficient (Wildman–Crippen LogP) is 2.39. The second-order valence-corrected chi connectivity index (χ2v) is 3.04. The van der Waals surface area contributed by atoms with Gasteiger partial charge in [-0.3, -0.25) is 0 Å². The first-order chi connectivity index (χ1) is 7.24. The van der Waals surface area contributed by atoms with E-state index in [1.807, 2.05) is 0 Å². The number of halogens is 1. The van der Waals surface area contributed by atoms with Gasteiger partial charge in [-0.05, 0) is 18.2 Å². The number of pyridine rings is 1. The molecule has 0 amide bonds. The van der Waals surface area contributed by atoms with Gasteiger partial charge in [-0.1, -0.05) is 0 Å². The van der Waals surface area contributed by atoms with Crippen molar-refractivity contribution in [3.63, 3.8) is 0 Å². The molecular weight excluding hydrogens is 197 g/mol. The molecule has 78 valence electrons. The molecule has 4 heteroatoms. The van der Waals surface area contributed by atoms with Gasteiger partial charge in [0, 0.05) is 11.5 Å². The van der Waals surface area contributed by atoms with Crippen molar-refractivity contribution in [2.75, 3.05) is 14.2 Å². The molecule has 1 heterocycles. The lowest BCUT2D eigenvalue weighted by Crippen LogP contribution is -1.93. The van der Waals surface area contributed by atoms with E-state index in [0.29, 0.717) is 16.7 Å². The molecular formula is C11H10FNO2. The van der Waals surface area contributed by atoms with Gasteiger partial charge in [0.2, 0.25) is 0 Å². The lowest BCUT2D eigenvalue weighted by molar-refractivity contribution is 0.371. The number of hydrogen-bond donors (Lipinski definition) is 0. The van der Waals surface area contributed by atoms with Crippen LogP contribution in [0.5, 0.6) is 11.6 Å². The van der Waals surface area contributed by atoms with Gasteiger partial charge in [0.15, 0.2) is 5.82 Å². The molecule has 1 aromatic heterocycles. The van der Waals surface area contributed by atoms with Gasteiger partial charge in [-0.25, -0.2) is 9.37 Å². The number of ether oxygens (including phenoxy) is 2. The Balaban J connectivity index is 2.66. The van der Waals surface area contributed by atoms with Gasteiger partial charge in [-0.2, -0.15) is 0 Å². The van der Waals surface area contributed by atoms with E-state index in [-0.39, 0.29) is 5.88 Å². The van der Waals surface area contributed by atoms with Gasteiger partial charge in [0.25, 0.3) is 5.88 Å². The maximum atomic E-state index is 13.3. The Morgan fingerprint density at radius 3 is 2.60 bits per heavy atom. The van der Waals surface area contributed by atoms with Gasteiger partial charge in [0.05, 0.1) is 19.7 Å². The van der Waals surface area contributed by atoms with Crippen molar-refractivity contribution in [3.05, 3.63) is 30.1 Å². The average Bonchev–Trinajstić information content (AvgIpc) is 2.27. The fraction of sp³-hybridized carbons (Fsp3) is 0.182. The molecule has 0 unspecified atom stereocenters. The Hall–Kier alpha value is -1.84. The summed E-state index contributed by atoms with van der Waals surface area (Å²) < 4.78 is 23.1. The largest absolute Gasteiger partial charge is 0.497 e. The molecule has 15 heavy (non-hydrogen) atoms. The number of rotatable bonds is 2. The van der Waals surface area contributed by atoms with Crippen molar-refractivity contribution >= 4 is 10.9 Å². The average molecular weight is 207 g/mol. The van der Waals surface area contributed by atoms with E-state index in [2.05, 4.69) is 4.98 Å². The molecule has 1 aromatic carbocycles. The van der Waals surface area contributed by atoms with Crippen LogP contribution >= 0.6 is 0 Å². The number of benzene rings is 1. The van der Waals surface area contributed by atoms with Gasteiger partial charge in [-0.15, -0.1) is 0 Å². The number of aromatic nitrogens is 1. The van der Waals surface area contributed by atoms with E-state index in [1.165, 1.54) is 13.2 Å². The third-order valence-corrected chi connectivity index (χ3v) is 2.14. The lowest BCUT2D eigenvalue weighted by atomic mass is 10.2. The first-order valence-electron chi connectivity index (χ1n) is 4.43. The van der Waals surface area contributed by atoms with Crippen molar-refractivity contribution in [3.8, 4) is 11.6 Å². The standard InChI is InChI=1S/C11H10FNO2/c1-14-8-4-3-7-5-9(12)11(15-2)13-10(7)6-8/h3-6H,1-2H3. The number of hydrogen-bond acceptors (Lipinski definition) is 3. The van der Waals surface area contributed by atoms with Crippen LogP contribution in [-0.2, 0) is 0 Å². The summed E-state index contributed by atoms with van der Waals surface area (Å²) in [7, 11) is 2.96. The third kappa shape index (κ3) is 1.70. The molecule has 0 atom stereocenters. The Labute approximate surface area is 86.5 Å². The van der Waals surface area contributed by atoms with Crippen molar-refractivity contribution < 1.29 is 13.9 Å². The summed E-state index contributed by atoms with van der Waals surface area (Å²) in [6.07, 6.45) is 0. The number of nitrogens with zero attached hydrogens (tertiary/aromatic N) is 1. The number of methoxy groups -OCH3 is 2. The molecule has 0 aliphatic heterocycles. The van der Waals surface area contributed by atoms with Crippen LogP contribution in [0.3, 0.4) is 0 Å². The fourth-order valence-electron chi connectivity index (χ4n) is 1.37. The highest BCUT2D eigenvalue weighted by Crippen LogP contribution is 2.23. The maximum absolute atomic E-state index is 13.3. The SMILES string of the molecule is COc1ccc2cc(F)c(OC)nc2c1. The van der Waals surface area contributed by atoms with Gasteiger partial charge >= 0.3 is 0 Å². The van der Waals surface area contributed by atoms with E-state index < -0.39 is 5.82 Å². The van der Waals surface area contributed by atoms with E-state index in [1.54, 1.807) is 25.3 Å². The molecule has 0 bridgehead atoms. The Morgan fingerprint density at radius 2 is 1.93 bits per heavy atom. The van der Waals surface area contributed by atoms with Crippen molar-refractivity contribution in [2.24, 2.45) is 0 Å². The van der Waals surface area contributed by atoms with Crippen LogP contribution in [0.1, 0.15) is 0 Å². The fourth-order valence-corrected chi connectivity index (χ4v) is 1.37. The first-order valence-corrected chi connectivity index (χ1v) is 4.43. The van der Waals surface area contributed by atoms with E-state index >= 15 is 0 Å². The van der Waals surface area contributed by atoms with Crippen LogP contribution in [0.15, 0.2) is 24.3 Å². The van der Waals surface area contributed by atoms with Crippen LogP contribution in [0.25, 0.3) is 10.9 Å². The topological polar surface area (TPSA) is 31.4 Å². The van der Waals surface area contributed by atoms with Crippen LogP contribution in [0, 0.1) is 5.82 Å². The van der Waals surface area contributed by atoms with Crippen molar-refractivity contribution in [1.29, 1.82) is 0 Å². The molecule has 0 radical (unpaired) electrons. The minimum Gasteiger partial charge on any atom is -0.497 e. The summed E-state index contributed by atoms with van der Waals surface area (Å²) in [5.74, 6) is 0.217. The zero-order valence-corrected chi connectivity index (χ0v) is 8.45.